The minimum absolute atomic E-state index is 0.00730. The van der Waals surface area contributed by atoms with E-state index in [1.54, 1.807) is 6.08 Å². The quantitative estimate of drug-likeness (QED) is 0.0272. The van der Waals surface area contributed by atoms with E-state index in [9.17, 15) is 19.4 Å². The first-order chi connectivity index (χ1) is 33.5. The summed E-state index contributed by atoms with van der Waals surface area (Å²) < 4.78 is 23.3. The van der Waals surface area contributed by atoms with Crippen molar-refractivity contribution in [2.24, 2.45) is 0 Å². The van der Waals surface area contributed by atoms with Gasteiger partial charge in [-0.15, -0.1) is 0 Å². The molecule has 0 saturated carbocycles. The number of hydrogen-bond donors (Lipinski definition) is 2. The predicted molar refractivity (Wildman–Crippen MR) is 298 cm³/mol. The van der Waals surface area contributed by atoms with E-state index in [-0.39, 0.29) is 12.5 Å². The Hall–Kier alpha value is -1.28. The molecule has 3 unspecified atom stereocenters. The molecule has 0 saturated heterocycles. The topological polar surface area (TPSA) is 108 Å². The number of carbonyl (C=O) groups excluding carboxylic acids is 1. The molecule has 0 aliphatic rings. The second kappa shape index (κ2) is 51.6. The molecule has 0 aliphatic carbocycles. The van der Waals surface area contributed by atoms with Crippen LogP contribution in [0.1, 0.15) is 290 Å². The minimum atomic E-state index is -4.61. The number of phosphoric ester groups is 1. The van der Waals surface area contributed by atoms with E-state index in [0.29, 0.717) is 17.4 Å². The zero-order valence-corrected chi connectivity index (χ0v) is 47.4. The molecule has 0 spiro atoms. The molecule has 9 heteroatoms. The second-order valence-electron chi connectivity index (χ2n) is 21.7. The molecule has 0 rings (SSSR count). The highest BCUT2D eigenvalue weighted by Gasteiger charge is 2.23. The van der Waals surface area contributed by atoms with Crippen LogP contribution in [0.5, 0.6) is 0 Å². The van der Waals surface area contributed by atoms with Gasteiger partial charge in [-0.25, -0.2) is 0 Å². The lowest BCUT2D eigenvalue weighted by Crippen LogP contribution is -2.45. The lowest BCUT2D eigenvalue weighted by molar-refractivity contribution is -0.870. The van der Waals surface area contributed by atoms with Gasteiger partial charge in [0.1, 0.15) is 13.2 Å². The SMILES string of the molecule is CCCCCCCCCCCCCCCC/C=C/CC/C=C/CC/C=C/C(O)C(COP(=O)([O-])OCC[N+](C)(C)C)NC(=O)CCCCCCCCCCCCCCCCCCCCCCCCC. The van der Waals surface area contributed by atoms with E-state index < -0.39 is 26.6 Å². The van der Waals surface area contributed by atoms with Gasteiger partial charge in [0.15, 0.2) is 0 Å². The number of allylic oxidation sites excluding steroid dienone is 5. The van der Waals surface area contributed by atoms with Crippen LogP contribution in [0.2, 0.25) is 0 Å². The lowest BCUT2D eigenvalue weighted by Gasteiger charge is -2.29. The fourth-order valence-corrected chi connectivity index (χ4v) is 9.62. The molecule has 0 aliphatic heterocycles. The van der Waals surface area contributed by atoms with Crippen molar-refractivity contribution < 1.29 is 32.9 Å². The van der Waals surface area contributed by atoms with Crippen LogP contribution < -0.4 is 10.2 Å². The summed E-state index contributed by atoms with van der Waals surface area (Å²) in [7, 11) is 1.25. The Morgan fingerprint density at radius 1 is 0.493 bits per heavy atom. The highest BCUT2D eigenvalue weighted by atomic mass is 31.2. The van der Waals surface area contributed by atoms with Gasteiger partial charge in [-0.3, -0.25) is 9.36 Å². The van der Waals surface area contributed by atoms with Crippen molar-refractivity contribution in [3.8, 4) is 0 Å². The number of hydrogen-bond acceptors (Lipinski definition) is 6. The minimum Gasteiger partial charge on any atom is -0.756 e. The molecule has 408 valence electrons. The summed E-state index contributed by atoms with van der Waals surface area (Å²) in [5.74, 6) is -0.206. The standard InChI is InChI=1S/C60H117N2O6P/c1-6-8-10-12-14-16-18-20-22-24-26-28-30-32-33-35-37-39-41-43-45-47-49-51-53-59(63)58(57-68-69(65,66)67-56-55-62(3,4)5)61-60(64)54-52-50-48-46-44-42-40-38-36-34-31-29-27-25-23-21-19-17-15-13-11-9-7-2/h35,37,43,45,51,53,58-59,63H,6-34,36,38-42,44,46-50,52,54-57H2,1-5H3,(H-,61,64,65,66)/b37-35+,45-43+,53-51+. The van der Waals surface area contributed by atoms with Crippen molar-refractivity contribution in [2.75, 3.05) is 40.9 Å². The highest BCUT2D eigenvalue weighted by molar-refractivity contribution is 7.45. The number of nitrogens with zero attached hydrogens (tertiary/aromatic N) is 1. The number of unbranched alkanes of at least 4 members (excludes halogenated alkanes) is 38. The largest absolute Gasteiger partial charge is 0.756 e. The van der Waals surface area contributed by atoms with Crippen molar-refractivity contribution in [1.29, 1.82) is 0 Å². The third kappa shape index (κ3) is 54.3. The molecule has 0 bridgehead atoms. The van der Waals surface area contributed by atoms with E-state index in [1.807, 2.05) is 27.2 Å². The van der Waals surface area contributed by atoms with Crippen LogP contribution in [0.4, 0.5) is 0 Å². The molecular weight excluding hydrogens is 876 g/mol. The van der Waals surface area contributed by atoms with Crippen molar-refractivity contribution >= 4 is 13.7 Å². The Morgan fingerprint density at radius 3 is 1.17 bits per heavy atom. The van der Waals surface area contributed by atoms with Crippen LogP contribution >= 0.6 is 7.82 Å². The van der Waals surface area contributed by atoms with Crippen molar-refractivity contribution in [1.82, 2.24) is 5.32 Å². The molecule has 0 radical (unpaired) electrons. The summed E-state index contributed by atoms with van der Waals surface area (Å²) in [4.78, 5) is 25.5. The average molecular weight is 994 g/mol. The molecule has 3 atom stereocenters. The first kappa shape index (κ1) is 67.7. The number of aliphatic hydroxyl groups is 1. The van der Waals surface area contributed by atoms with Gasteiger partial charge in [0.05, 0.1) is 39.9 Å². The Kier molecular flexibility index (Phi) is 50.7. The number of phosphoric acid groups is 1. The predicted octanol–water partition coefficient (Wildman–Crippen LogP) is 17.5. The number of amides is 1. The summed E-state index contributed by atoms with van der Waals surface area (Å²) in [5.41, 5.74) is 0. The van der Waals surface area contributed by atoms with Gasteiger partial charge >= 0.3 is 0 Å². The Labute approximate surface area is 429 Å². The number of aliphatic hydroxyl groups excluding tert-OH is 1. The fourth-order valence-electron chi connectivity index (χ4n) is 8.89. The van der Waals surface area contributed by atoms with E-state index in [1.165, 1.54) is 225 Å². The van der Waals surface area contributed by atoms with Gasteiger partial charge in [-0.05, 0) is 44.9 Å². The normalized spacial score (nSPS) is 14.1. The van der Waals surface area contributed by atoms with Crippen LogP contribution in [0.25, 0.3) is 0 Å². The summed E-state index contributed by atoms with van der Waals surface area (Å²) in [6, 6.07) is -0.908. The number of nitrogens with one attached hydrogen (secondary N) is 1. The molecular formula is C60H117N2O6P. The van der Waals surface area contributed by atoms with E-state index in [4.69, 9.17) is 9.05 Å². The van der Waals surface area contributed by atoms with Gasteiger partial charge in [-0.1, -0.05) is 275 Å². The van der Waals surface area contributed by atoms with Crippen molar-refractivity contribution in [3.05, 3.63) is 36.5 Å². The number of quaternary nitrogens is 1. The molecule has 69 heavy (non-hydrogen) atoms. The monoisotopic (exact) mass is 993 g/mol. The smallest absolute Gasteiger partial charge is 0.268 e. The summed E-state index contributed by atoms with van der Waals surface area (Å²) >= 11 is 0. The molecule has 0 heterocycles. The van der Waals surface area contributed by atoms with Gasteiger partial charge < -0.3 is 28.8 Å². The van der Waals surface area contributed by atoms with Gasteiger partial charge in [0, 0.05) is 6.42 Å². The maximum Gasteiger partial charge on any atom is 0.268 e. The molecule has 0 aromatic rings. The second-order valence-corrected chi connectivity index (χ2v) is 23.1. The van der Waals surface area contributed by atoms with Crippen LogP contribution in [-0.2, 0) is 18.4 Å². The number of rotatable bonds is 55. The molecule has 0 aromatic heterocycles. The Morgan fingerprint density at radius 2 is 0.812 bits per heavy atom. The molecule has 0 aromatic carbocycles. The van der Waals surface area contributed by atoms with Crippen LogP contribution in [-0.4, -0.2) is 68.5 Å². The van der Waals surface area contributed by atoms with Crippen LogP contribution in [0, 0.1) is 0 Å². The van der Waals surface area contributed by atoms with Crippen molar-refractivity contribution in [3.63, 3.8) is 0 Å². The fraction of sp³-hybridized carbons (Fsp3) is 0.883. The van der Waals surface area contributed by atoms with Crippen LogP contribution in [0.15, 0.2) is 36.5 Å². The Balaban J connectivity index is 4.24. The third-order valence-electron chi connectivity index (χ3n) is 13.6. The highest BCUT2D eigenvalue weighted by Crippen LogP contribution is 2.38. The third-order valence-corrected chi connectivity index (χ3v) is 14.5. The van der Waals surface area contributed by atoms with Crippen LogP contribution in [0.3, 0.4) is 0 Å². The van der Waals surface area contributed by atoms with Gasteiger partial charge in [0.2, 0.25) is 5.91 Å². The average Bonchev–Trinajstić information content (AvgIpc) is 3.31. The zero-order chi connectivity index (χ0) is 50.6. The first-order valence-corrected chi connectivity index (χ1v) is 31.3. The molecule has 0 fully saturated rings. The van der Waals surface area contributed by atoms with Gasteiger partial charge in [0.25, 0.3) is 7.82 Å². The molecule has 1 amide bonds. The number of likely N-dealkylation sites (N-methyl/N-ethyl adjacent to an activating group) is 1. The molecule has 8 nitrogen and oxygen atoms in total. The van der Waals surface area contributed by atoms with E-state index in [2.05, 4.69) is 43.5 Å². The Bertz CT molecular complexity index is 1220. The zero-order valence-electron chi connectivity index (χ0n) is 46.5. The lowest BCUT2D eigenvalue weighted by atomic mass is 10.0. The summed E-state index contributed by atoms with van der Waals surface area (Å²) in [5, 5.41) is 13.9. The summed E-state index contributed by atoms with van der Waals surface area (Å²) in [6.07, 6.45) is 66.6. The first-order valence-electron chi connectivity index (χ1n) is 29.9. The maximum absolute atomic E-state index is 13.0. The van der Waals surface area contributed by atoms with E-state index >= 15 is 0 Å². The molecule has 2 N–H and O–H groups in total. The van der Waals surface area contributed by atoms with Crippen molar-refractivity contribution in [2.45, 2.75) is 302 Å². The van der Waals surface area contributed by atoms with E-state index in [0.717, 1.165) is 44.9 Å². The van der Waals surface area contributed by atoms with Gasteiger partial charge in [-0.2, -0.15) is 0 Å². The number of carbonyl (C=O) groups is 1. The summed E-state index contributed by atoms with van der Waals surface area (Å²) in [6.45, 7) is 4.66. The maximum atomic E-state index is 13.0.